The van der Waals surface area contributed by atoms with Gasteiger partial charge in [-0.15, -0.1) is 6.58 Å². The van der Waals surface area contributed by atoms with Crippen molar-refractivity contribution >= 4 is 17.3 Å². The van der Waals surface area contributed by atoms with Crippen molar-refractivity contribution in [3.05, 3.63) is 34.2 Å². The monoisotopic (exact) mass is 296 g/mol. The van der Waals surface area contributed by atoms with Gasteiger partial charge in [-0.3, -0.25) is 4.79 Å². The molecule has 0 spiro atoms. The highest BCUT2D eigenvalue weighted by Crippen LogP contribution is 2.20. The number of nitrogens with zero attached hydrogens (tertiary/aromatic N) is 3. The molecule has 1 aromatic rings. The zero-order valence-corrected chi connectivity index (χ0v) is 12.6. The Morgan fingerprint density at radius 1 is 1.55 bits per heavy atom. The molecular weight excluding hydrogens is 276 g/mol. The molecule has 110 valence electrons. The van der Waals surface area contributed by atoms with Gasteiger partial charge in [-0.25, -0.2) is 4.68 Å². The topological polar surface area (TPSA) is 50.2 Å². The van der Waals surface area contributed by atoms with Crippen molar-refractivity contribution in [3.63, 3.8) is 0 Å². The maximum absolute atomic E-state index is 12.0. The Bertz CT molecular complexity index is 520. The van der Waals surface area contributed by atoms with Gasteiger partial charge in [0.15, 0.2) is 0 Å². The summed E-state index contributed by atoms with van der Waals surface area (Å²) < 4.78 is 1.31. The van der Waals surface area contributed by atoms with Crippen molar-refractivity contribution in [2.75, 3.05) is 25.0 Å². The first-order chi connectivity index (χ1) is 9.65. The van der Waals surface area contributed by atoms with E-state index in [0.717, 1.165) is 32.5 Å². The van der Waals surface area contributed by atoms with Crippen molar-refractivity contribution in [1.82, 2.24) is 14.7 Å². The summed E-state index contributed by atoms with van der Waals surface area (Å²) in [5.41, 5.74) is 0.356. The highest BCUT2D eigenvalue weighted by Gasteiger charge is 2.19. The number of rotatable bonds is 5. The number of nitrogens with one attached hydrogen (secondary N) is 1. The van der Waals surface area contributed by atoms with Crippen LogP contribution in [0.25, 0.3) is 0 Å². The summed E-state index contributed by atoms with van der Waals surface area (Å²) in [7, 11) is 0. The number of allylic oxidation sites excluding steroid dienone is 1. The fourth-order valence-electron chi connectivity index (χ4n) is 2.43. The zero-order chi connectivity index (χ0) is 14.5. The second-order valence-corrected chi connectivity index (χ2v) is 5.38. The second kappa shape index (κ2) is 6.90. The summed E-state index contributed by atoms with van der Waals surface area (Å²) in [5, 5.41) is 7.65. The van der Waals surface area contributed by atoms with Gasteiger partial charge in [-0.1, -0.05) is 24.6 Å². The normalized spacial score (nSPS) is 17.1. The molecule has 2 heterocycles. The summed E-state index contributed by atoms with van der Waals surface area (Å²) in [6.45, 7) is 9.38. The number of hydrogen-bond acceptors (Lipinski definition) is 4. The molecule has 0 atom stereocenters. The third kappa shape index (κ3) is 3.41. The number of hydrogen-bond donors (Lipinski definition) is 1. The molecule has 1 aromatic heterocycles. The van der Waals surface area contributed by atoms with Crippen molar-refractivity contribution in [1.29, 1.82) is 0 Å². The second-order valence-electron chi connectivity index (χ2n) is 5.00. The molecule has 0 unspecified atom stereocenters. The van der Waals surface area contributed by atoms with Gasteiger partial charge in [0.1, 0.15) is 5.02 Å². The molecule has 0 saturated carbocycles. The number of likely N-dealkylation sites (tertiary alicyclic amines) is 1. The van der Waals surface area contributed by atoms with Crippen LogP contribution in [0.5, 0.6) is 0 Å². The number of aromatic nitrogens is 2. The van der Waals surface area contributed by atoms with E-state index >= 15 is 0 Å². The molecule has 0 radical (unpaired) electrons. The molecule has 0 aromatic carbocycles. The predicted molar refractivity (Wildman–Crippen MR) is 82.5 cm³/mol. The Kier molecular flexibility index (Phi) is 5.20. The van der Waals surface area contributed by atoms with Crippen LogP contribution >= 0.6 is 11.6 Å². The van der Waals surface area contributed by atoms with Crippen LogP contribution in [0.4, 0.5) is 5.69 Å². The van der Waals surface area contributed by atoms with Gasteiger partial charge >= 0.3 is 0 Å². The van der Waals surface area contributed by atoms with Crippen LogP contribution in [0.1, 0.15) is 19.8 Å². The van der Waals surface area contributed by atoms with Crippen molar-refractivity contribution in [2.24, 2.45) is 0 Å². The van der Waals surface area contributed by atoms with E-state index in [1.165, 1.54) is 4.68 Å². The molecule has 20 heavy (non-hydrogen) atoms. The molecule has 1 saturated heterocycles. The Hall–Kier alpha value is -1.33. The molecule has 0 aliphatic carbocycles. The smallest absolute Gasteiger partial charge is 0.287 e. The minimum atomic E-state index is -0.275. The third-order valence-corrected chi connectivity index (χ3v) is 4.05. The lowest BCUT2D eigenvalue weighted by Crippen LogP contribution is -2.39. The van der Waals surface area contributed by atoms with Crippen LogP contribution in [-0.4, -0.2) is 40.4 Å². The van der Waals surface area contributed by atoms with Crippen molar-refractivity contribution < 1.29 is 0 Å². The lowest BCUT2D eigenvalue weighted by molar-refractivity contribution is 0.229. The summed E-state index contributed by atoms with van der Waals surface area (Å²) in [4.78, 5) is 14.4. The Morgan fingerprint density at radius 3 is 2.85 bits per heavy atom. The van der Waals surface area contributed by atoms with Gasteiger partial charge < -0.3 is 10.2 Å². The van der Waals surface area contributed by atoms with E-state index in [2.05, 4.69) is 28.8 Å². The lowest BCUT2D eigenvalue weighted by atomic mass is 10.1. The summed E-state index contributed by atoms with van der Waals surface area (Å²) in [5.74, 6) is 0. The van der Waals surface area contributed by atoms with Gasteiger partial charge in [-0.2, -0.15) is 5.10 Å². The number of anilines is 1. The highest BCUT2D eigenvalue weighted by atomic mass is 35.5. The first-order valence-electron chi connectivity index (χ1n) is 7.01. The van der Waals surface area contributed by atoms with Crippen molar-refractivity contribution in [3.8, 4) is 0 Å². The lowest BCUT2D eigenvalue weighted by Gasteiger charge is -2.32. The molecular formula is C14H21ClN4O. The molecule has 1 aliphatic rings. The third-order valence-electron chi connectivity index (χ3n) is 3.68. The van der Waals surface area contributed by atoms with Gasteiger partial charge in [-0.05, 0) is 19.4 Å². The molecule has 2 rings (SSSR count). The Labute approximate surface area is 124 Å². The predicted octanol–water partition coefficient (Wildman–Crippen LogP) is 1.98. The van der Waals surface area contributed by atoms with E-state index in [1.807, 2.05) is 0 Å². The summed E-state index contributed by atoms with van der Waals surface area (Å²) >= 11 is 6.13. The van der Waals surface area contributed by atoms with E-state index in [-0.39, 0.29) is 10.6 Å². The molecule has 6 heteroatoms. The average Bonchev–Trinajstić information content (AvgIpc) is 2.48. The van der Waals surface area contributed by atoms with Crippen molar-refractivity contribution in [2.45, 2.75) is 32.4 Å². The standard InChI is InChI=1S/C14H21ClN4O/c1-3-7-19-14(20)13(15)12(10-16-19)17-11-5-8-18(4-2)9-6-11/h3,10-11,17H,1,4-9H2,2H3. The minimum Gasteiger partial charge on any atom is -0.380 e. The minimum absolute atomic E-state index is 0.208. The highest BCUT2D eigenvalue weighted by molar-refractivity contribution is 6.32. The molecule has 1 aliphatic heterocycles. The van der Waals surface area contributed by atoms with Gasteiger partial charge in [0.05, 0.1) is 18.4 Å². The maximum Gasteiger partial charge on any atom is 0.287 e. The first kappa shape index (κ1) is 15.1. The van der Waals surface area contributed by atoms with E-state index in [9.17, 15) is 4.79 Å². The molecule has 1 fully saturated rings. The van der Waals surface area contributed by atoms with E-state index in [1.54, 1.807) is 12.3 Å². The van der Waals surface area contributed by atoms with Crippen LogP contribution in [0, 0.1) is 0 Å². The largest absolute Gasteiger partial charge is 0.380 e. The molecule has 0 amide bonds. The van der Waals surface area contributed by atoms with Crippen LogP contribution in [0.2, 0.25) is 5.02 Å². The van der Waals surface area contributed by atoms with E-state index in [4.69, 9.17) is 11.6 Å². The fraction of sp³-hybridized carbons (Fsp3) is 0.571. The Balaban J connectivity index is 2.05. The van der Waals surface area contributed by atoms with E-state index in [0.29, 0.717) is 18.3 Å². The van der Waals surface area contributed by atoms with Crippen LogP contribution in [0.15, 0.2) is 23.6 Å². The van der Waals surface area contributed by atoms with Crippen LogP contribution in [0.3, 0.4) is 0 Å². The molecule has 5 nitrogen and oxygen atoms in total. The molecule has 0 bridgehead atoms. The maximum atomic E-state index is 12.0. The van der Waals surface area contributed by atoms with E-state index < -0.39 is 0 Å². The fourth-order valence-corrected chi connectivity index (χ4v) is 2.63. The molecule has 1 N–H and O–H groups in total. The zero-order valence-electron chi connectivity index (χ0n) is 11.8. The number of halogens is 1. The average molecular weight is 297 g/mol. The van der Waals surface area contributed by atoms with Gasteiger partial charge in [0.25, 0.3) is 5.56 Å². The quantitative estimate of drug-likeness (QED) is 0.844. The van der Waals surface area contributed by atoms with Crippen LogP contribution in [-0.2, 0) is 6.54 Å². The van der Waals surface area contributed by atoms with Gasteiger partial charge in [0, 0.05) is 19.1 Å². The van der Waals surface area contributed by atoms with Crippen LogP contribution < -0.4 is 10.9 Å². The summed E-state index contributed by atoms with van der Waals surface area (Å²) in [6, 6.07) is 0.353. The number of piperidine rings is 1. The van der Waals surface area contributed by atoms with Gasteiger partial charge in [0.2, 0.25) is 0 Å². The summed E-state index contributed by atoms with van der Waals surface area (Å²) in [6.07, 6.45) is 5.36. The SMILES string of the molecule is C=CCn1ncc(NC2CCN(CC)CC2)c(Cl)c1=O. The first-order valence-corrected chi connectivity index (χ1v) is 7.39. The Morgan fingerprint density at radius 2 is 2.25 bits per heavy atom.